The van der Waals surface area contributed by atoms with Gasteiger partial charge in [-0.05, 0) is 17.6 Å². The second-order valence-corrected chi connectivity index (χ2v) is 4.78. The molecule has 0 spiro atoms. The van der Waals surface area contributed by atoms with Crippen LogP contribution in [0.25, 0.3) is 6.08 Å². The Morgan fingerprint density at radius 3 is 2.20 bits per heavy atom. The lowest BCUT2D eigenvalue weighted by Gasteiger charge is -2.22. The Labute approximate surface area is 119 Å². The van der Waals surface area contributed by atoms with Crippen molar-refractivity contribution in [1.29, 1.82) is 0 Å². The Balaban J connectivity index is 3.19. The van der Waals surface area contributed by atoms with Crippen LogP contribution in [0.3, 0.4) is 0 Å². The van der Waals surface area contributed by atoms with Gasteiger partial charge in [-0.15, -0.1) is 0 Å². The van der Waals surface area contributed by atoms with E-state index in [0.717, 1.165) is 5.56 Å². The molecule has 0 fully saturated rings. The van der Waals surface area contributed by atoms with E-state index in [1.807, 2.05) is 44.2 Å². The molecule has 0 saturated carbocycles. The van der Waals surface area contributed by atoms with Gasteiger partial charge in [0.2, 0.25) is 0 Å². The molecule has 1 rings (SSSR count). The maximum atomic E-state index is 12.0. The molecule has 0 amide bonds. The Kier molecular flexibility index (Phi) is 5.97. The molecular formula is C16H20O4. The van der Waals surface area contributed by atoms with Crippen molar-refractivity contribution in [1.82, 2.24) is 0 Å². The van der Waals surface area contributed by atoms with E-state index in [9.17, 15) is 9.59 Å². The fourth-order valence-corrected chi connectivity index (χ4v) is 1.84. The van der Waals surface area contributed by atoms with Gasteiger partial charge in [0.25, 0.3) is 0 Å². The second-order valence-electron chi connectivity index (χ2n) is 4.78. The Morgan fingerprint density at radius 1 is 1.15 bits per heavy atom. The summed E-state index contributed by atoms with van der Waals surface area (Å²) in [6.45, 7) is 5.09. The smallest absolute Gasteiger partial charge is 0.337 e. The summed E-state index contributed by atoms with van der Waals surface area (Å²) in [6.07, 6.45) is 1.07. The third-order valence-electron chi connectivity index (χ3n) is 2.75. The van der Waals surface area contributed by atoms with Crippen molar-refractivity contribution in [2.45, 2.75) is 26.9 Å². The number of hydrogen-bond acceptors (Lipinski definition) is 4. The number of carbonyl (C=O) groups is 2. The maximum Gasteiger partial charge on any atom is 0.337 e. The van der Waals surface area contributed by atoms with Crippen molar-refractivity contribution in [3.63, 3.8) is 0 Å². The molecule has 4 nitrogen and oxygen atoms in total. The minimum atomic E-state index is -0.625. The van der Waals surface area contributed by atoms with Gasteiger partial charge in [0, 0.05) is 6.92 Å². The summed E-state index contributed by atoms with van der Waals surface area (Å²) < 4.78 is 10.1. The van der Waals surface area contributed by atoms with Gasteiger partial charge < -0.3 is 9.47 Å². The molecule has 0 aliphatic rings. The number of methoxy groups -OCH3 is 1. The second kappa shape index (κ2) is 7.48. The molecule has 0 radical (unpaired) electrons. The zero-order valence-corrected chi connectivity index (χ0v) is 12.3. The summed E-state index contributed by atoms with van der Waals surface area (Å²) in [5.41, 5.74) is 1.19. The van der Waals surface area contributed by atoms with Crippen LogP contribution in [0.1, 0.15) is 26.3 Å². The first-order chi connectivity index (χ1) is 9.45. The summed E-state index contributed by atoms with van der Waals surface area (Å²) in [7, 11) is 1.31. The SMILES string of the molecule is COC(=O)/C(=C/c1ccccc1)C(OC(C)=O)C(C)C. The van der Waals surface area contributed by atoms with Gasteiger partial charge in [-0.2, -0.15) is 0 Å². The van der Waals surface area contributed by atoms with Crippen LogP contribution < -0.4 is 0 Å². The van der Waals surface area contributed by atoms with Crippen LogP contribution in [0, 0.1) is 5.92 Å². The number of carbonyl (C=O) groups excluding carboxylic acids is 2. The van der Waals surface area contributed by atoms with E-state index in [1.165, 1.54) is 14.0 Å². The molecular weight excluding hydrogens is 256 g/mol. The van der Waals surface area contributed by atoms with Crippen molar-refractivity contribution in [2.24, 2.45) is 5.92 Å². The summed E-state index contributed by atoms with van der Waals surface area (Å²) in [5, 5.41) is 0. The van der Waals surface area contributed by atoms with Crippen molar-refractivity contribution < 1.29 is 19.1 Å². The fourth-order valence-electron chi connectivity index (χ4n) is 1.84. The average Bonchev–Trinajstić information content (AvgIpc) is 2.42. The topological polar surface area (TPSA) is 52.6 Å². The van der Waals surface area contributed by atoms with Crippen molar-refractivity contribution in [2.75, 3.05) is 7.11 Å². The zero-order chi connectivity index (χ0) is 15.1. The molecule has 1 unspecified atom stereocenters. The molecule has 1 aromatic rings. The van der Waals surface area contributed by atoms with E-state index in [2.05, 4.69) is 0 Å². The molecule has 4 heteroatoms. The number of rotatable bonds is 5. The predicted octanol–water partition coefficient (Wildman–Crippen LogP) is 2.83. The Bertz CT molecular complexity index is 488. The highest BCUT2D eigenvalue weighted by atomic mass is 16.6. The first kappa shape index (κ1) is 16.0. The molecule has 1 atom stereocenters. The standard InChI is InChI=1S/C16H20O4/c1-11(2)15(20-12(3)17)14(16(18)19-4)10-13-8-6-5-7-9-13/h5-11,15H,1-4H3/b14-10+. The summed E-state index contributed by atoms with van der Waals surface area (Å²) in [6, 6.07) is 9.37. The van der Waals surface area contributed by atoms with Crippen LogP contribution in [0.15, 0.2) is 35.9 Å². The van der Waals surface area contributed by atoms with E-state index in [4.69, 9.17) is 9.47 Å². The average molecular weight is 276 g/mol. The van der Waals surface area contributed by atoms with Gasteiger partial charge in [0.1, 0.15) is 6.10 Å². The van der Waals surface area contributed by atoms with Gasteiger partial charge in [0.05, 0.1) is 12.7 Å². The zero-order valence-electron chi connectivity index (χ0n) is 12.3. The molecule has 0 aliphatic heterocycles. The minimum Gasteiger partial charge on any atom is -0.466 e. The highest BCUT2D eigenvalue weighted by molar-refractivity contribution is 5.95. The van der Waals surface area contributed by atoms with E-state index < -0.39 is 18.0 Å². The van der Waals surface area contributed by atoms with E-state index >= 15 is 0 Å². The van der Waals surface area contributed by atoms with Gasteiger partial charge >= 0.3 is 11.9 Å². The Hall–Kier alpha value is -2.10. The predicted molar refractivity (Wildman–Crippen MR) is 76.8 cm³/mol. The number of esters is 2. The molecule has 0 heterocycles. The van der Waals surface area contributed by atoms with Crippen molar-refractivity contribution in [3.05, 3.63) is 41.5 Å². The molecule has 0 bridgehead atoms. The maximum absolute atomic E-state index is 12.0. The fraction of sp³-hybridized carbons (Fsp3) is 0.375. The van der Waals surface area contributed by atoms with Gasteiger partial charge in [-0.3, -0.25) is 4.79 Å². The summed E-state index contributed by atoms with van der Waals surface area (Å²) in [5.74, 6) is -0.951. The third-order valence-corrected chi connectivity index (χ3v) is 2.75. The molecule has 0 N–H and O–H groups in total. The van der Waals surface area contributed by atoms with Crippen LogP contribution in [0.4, 0.5) is 0 Å². The molecule has 0 aromatic heterocycles. The highest BCUT2D eigenvalue weighted by Crippen LogP contribution is 2.21. The molecule has 108 valence electrons. The lowest BCUT2D eigenvalue weighted by atomic mass is 9.96. The first-order valence-electron chi connectivity index (χ1n) is 6.48. The molecule has 0 saturated heterocycles. The van der Waals surface area contributed by atoms with E-state index in [1.54, 1.807) is 6.08 Å². The lowest BCUT2D eigenvalue weighted by molar-refractivity contribution is -0.148. The third kappa shape index (κ3) is 4.53. The minimum absolute atomic E-state index is 0.0343. The summed E-state index contributed by atoms with van der Waals surface area (Å²) in [4.78, 5) is 23.2. The van der Waals surface area contributed by atoms with Crippen LogP contribution in [0.2, 0.25) is 0 Å². The number of ether oxygens (including phenoxy) is 2. The Morgan fingerprint density at radius 2 is 1.75 bits per heavy atom. The molecule has 1 aromatic carbocycles. The monoisotopic (exact) mass is 276 g/mol. The van der Waals surface area contributed by atoms with Gasteiger partial charge in [-0.1, -0.05) is 44.2 Å². The van der Waals surface area contributed by atoms with Gasteiger partial charge in [-0.25, -0.2) is 4.79 Å². The number of benzene rings is 1. The van der Waals surface area contributed by atoms with Crippen LogP contribution in [-0.4, -0.2) is 25.2 Å². The van der Waals surface area contributed by atoms with E-state index in [0.29, 0.717) is 5.57 Å². The van der Waals surface area contributed by atoms with Gasteiger partial charge in [0.15, 0.2) is 0 Å². The van der Waals surface area contributed by atoms with Crippen molar-refractivity contribution >= 4 is 18.0 Å². The summed E-state index contributed by atoms with van der Waals surface area (Å²) >= 11 is 0. The number of hydrogen-bond donors (Lipinski definition) is 0. The normalized spacial score (nSPS) is 12.9. The van der Waals surface area contributed by atoms with Crippen LogP contribution >= 0.6 is 0 Å². The van der Waals surface area contributed by atoms with Crippen LogP contribution in [0.5, 0.6) is 0 Å². The molecule has 0 aliphatic carbocycles. The van der Waals surface area contributed by atoms with Crippen LogP contribution in [-0.2, 0) is 19.1 Å². The largest absolute Gasteiger partial charge is 0.466 e. The molecule has 20 heavy (non-hydrogen) atoms. The lowest BCUT2D eigenvalue weighted by Crippen LogP contribution is -2.29. The van der Waals surface area contributed by atoms with E-state index in [-0.39, 0.29) is 5.92 Å². The quantitative estimate of drug-likeness (QED) is 0.613. The first-order valence-corrected chi connectivity index (χ1v) is 6.48. The van der Waals surface area contributed by atoms with Crippen molar-refractivity contribution in [3.8, 4) is 0 Å². The highest BCUT2D eigenvalue weighted by Gasteiger charge is 2.27.